The third kappa shape index (κ3) is 3.82. The van der Waals surface area contributed by atoms with Crippen LogP contribution in [-0.2, 0) is 6.42 Å². The van der Waals surface area contributed by atoms with Gasteiger partial charge < -0.3 is 15.4 Å². The summed E-state index contributed by atoms with van der Waals surface area (Å²) in [5.74, 6) is -1.35. The van der Waals surface area contributed by atoms with Crippen LogP contribution in [0.15, 0.2) is 36.5 Å². The van der Waals surface area contributed by atoms with Gasteiger partial charge in [0.05, 0.1) is 5.56 Å². The smallest absolute Gasteiger partial charge is 0.335 e. The Bertz CT molecular complexity index is 701. The summed E-state index contributed by atoms with van der Waals surface area (Å²) in [5, 5.41) is 11.5. The van der Waals surface area contributed by atoms with Gasteiger partial charge in [0.25, 0.3) is 5.91 Å². The fraction of sp³-hybridized carbons (Fsp3) is 0.188. The summed E-state index contributed by atoms with van der Waals surface area (Å²) in [6.45, 7) is 1.85. The second kappa shape index (κ2) is 6.71. The Hall–Kier alpha value is -2.89. The number of aromatic carboxylic acids is 1. The topological polar surface area (TPSA) is 99.3 Å². The number of Topliss-reactive ketones (excluding diaryl/α,β-unsaturated/α-hetero) is 1. The second-order valence-electron chi connectivity index (χ2n) is 4.87. The molecule has 0 unspecified atom stereocenters. The predicted molar refractivity (Wildman–Crippen MR) is 80.2 cm³/mol. The minimum Gasteiger partial charge on any atom is -0.478 e. The van der Waals surface area contributed by atoms with Crippen molar-refractivity contribution in [1.29, 1.82) is 0 Å². The number of rotatable bonds is 6. The van der Waals surface area contributed by atoms with Gasteiger partial charge in [-0.15, -0.1) is 0 Å². The lowest BCUT2D eigenvalue weighted by atomic mass is 10.1. The van der Waals surface area contributed by atoms with E-state index in [4.69, 9.17) is 5.11 Å². The number of carboxylic acids is 1. The summed E-state index contributed by atoms with van der Waals surface area (Å²) in [7, 11) is 0. The third-order valence-electron chi connectivity index (χ3n) is 3.23. The van der Waals surface area contributed by atoms with E-state index in [0.717, 1.165) is 5.56 Å². The zero-order valence-corrected chi connectivity index (χ0v) is 12.1. The monoisotopic (exact) mass is 300 g/mol. The molecule has 0 saturated heterocycles. The highest BCUT2D eigenvalue weighted by molar-refractivity contribution is 5.99. The standard InChI is InChI=1S/C16H16N2O4/c1-10(19)13-8-14(18-9-13)15(20)17-7-6-11-2-4-12(5-3-11)16(21)22/h2-5,8-9,18H,6-7H2,1H3,(H,17,20)(H,21,22). The molecule has 0 saturated carbocycles. The van der Waals surface area contributed by atoms with E-state index in [1.165, 1.54) is 31.3 Å². The van der Waals surface area contributed by atoms with Gasteiger partial charge in [0.15, 0.2) is 5.78 Å². The molecular weight excluding hydrogens is 284 g/mol. The van der Waals surface area contributed by atoms with Crippen LogP contribution in [-0.4, -0.2) is 34.3 Å². The summed E-state index contributed by atoms with van der Waals surface area (Å²) < 4.78 is 0. The van der Waals surface area contributed by atoms with Crippen LogP contribution in [0.5, 0.6) is 0 Å². The molecule has 22 heavy (non-hydrogen) atoms. The highest BCUT2D eigenvalue weighted by atomic mass is 16.4. The number of benzene rings is 1. The molecule has 114 valence electrons. The highest BCUT2D eigenvalue weighted by Gasteiger charge is 2.10. The maximum atomic E-state index is 11.9. The first-order valence-corrected chi connectivity index (χ1v) is 6.77. The van der Waals surface area contributed by atoms with Gasteiger partial charge in [0, 0.05) is 18.3 Å². The quantitative estimate of drug-likeness (QED) is 0.709. The zero-order chi connectivity index (χ0) is 16.1. The maximum Gasteiger partial charge on any atom is 0.335 e. The lowest BCUT2D eigenvalue weighted by Crippen LogP contribution is -2.25. The molecule has 2 rings (SSSR count). The van der Waals surface area contributed by atoms with Crippen molar-refractivity contribution in [1.82, 2.24) is 10.3 Å². The van der Waals surface area contributed by atoms with Crippen molar-refractivity contribution < 1.29 is 19.5 Å². The van der Waals surface area contributed by atoms with E-state index < -0.39 is 5.97 Å². The summed E-state index contributed by atoms with van der Waals surface area (Å²) in [4.78, 5) is 36.5. The van der Waals surface area contributed by atoms with Gasteiger partial charge in [-0.1, -0.05) is 12.1 Å². The first-order chi connectivity index (χ1) is 10.5. The van der Waals surface area contributed by atoms with Gasteiger partial charge in [-0.3, -0.25) is 9.59 Å². The number of aromatic amines is 1. The lowest BCUT2D eigenvalue weighted by Gasteiger charge is -2.04. The van der Waals surface area contributed by atoms with Crippen LogP contribution in [0.4, 0.5) is 0 Å². The van der Waals surface area contributed by atoms with E-state index in [1.807, 2.05) is 0 Å². The van der Waals surface area contributed by atoms with E-state index in [2.05, 4.69) is 10.3 Å². The fourth-order valence-corrected chi connectivity index (χ4v) is 1.96. The highest BCUT2D eigenvalue weighted by Crippen LogP contribution is 2.06. The summed E-state index contributed by atoms with van der Waals surface area (Å²) in [5.41, 5.74) is 1.97. The number of nitrogens with one attached hydrogen (secondary N) is 2. The molecule has 2 aromatic rings. The molecule has 0 aliphatic carbocycles. The fourth-order valence-electron chi connectivity index (χ4n) is 1.96. The van der Waals surface area contributed by atoms with Gasteiger partial charge in [-0.25, -0.2) is 4.79 Å². The van der Waals surface area contributed by atoms with Crippen molar-refractivity contribution in [3.8, 4) is 0 Å². The van der Waals surface area contributed by atoms with Crippen molar-refractivity contribution in [3.05, 3.63) is 58.9 Å². The van der Waals surface area contributed by atoms with Crippen molar-refractivity contribution in [2.75, 3.05) is 6.54 Å². The molecule has 0 aliphatic rings. The number of ketones is 1. The average Bonchev–Trinajstić information content (AvgIpc) is 2.98. The average molecular weight is 300 g/mol. The molecule has 0 spiro atoms. The van der Waals surface area contributed by atoms with Gasteiger partial charge >= 0.3 is 5.97 Å². The SMILES string of the molecule is CC(=O)c1c[nH]c(C(=O)NCCc2ccc(C(=O)O)cc2)c1. The van der Waals surface area contributed by atoms with E-state index in [1.54, 1.807) is 12.1 Å². The number of carbonyl (C=O) groups excluding carboxylic acids is 2. The van der Waals surface area contributed by atoms with E-state index in [9.17, 15) is 14.4 Å². The van der Waals surface area contributed by atoms with Gasteiger partial charge in [0.2, 0.25) is 0 Å². The molecule has 0 fully saturated rings. The van der Waals surface area contributed by atoms with Crippen LogP contribution in [0.3, 0.4) is 0 Å². The number of H-pyrrole nitrogens is 1. The zero-order valence-electron chi connectivity index (χ0n) is 12.1. The van der Waals surface area contributed by atoms with Crippen LogP contribution >= 0.6 is 0 Å². The lowest BCUT2D eigenvalue weighted by molar-refractivity contribution is 0.0696. The number of aromatic nitrogens is 1. The Morgan fingerprint density at radius 2 is 1.82 bits per heavy atom. The number of hydrogen-bond donors (Lipinski definition) is 3. The van der Waals surface area contributed by atoms with Crippen molar-refractivity contribution >= 4 is 17.7 Å². The van der Waals surface area contributed by atoms with E-state index in [-0.39, 0.29) is 17.3 Å². The Morgan fingerprint density at radius 1 is 1.14 bits per heavy atom. The second-order valence-corrected chi connectivity index (χ2v) is 4.87. The summed E-state index contributed by atoms with van der Waals surface area (Å²) in [6, 6.07) is 8.02. The van der Waals surface area contributed by atoms with Crippen molar-refractivity contribution in [3.63, 3.8) is 0 Å². The maximum absolute atomic E-state index is 11.9. The van der Waals surface area contributed by atoms with E-state index in [0.29, 0.717) is 24.2 Å². The molecule has 6 heteroatoms. The molecule has 0 bridgehead atoms. The first kappa shape index (κ1) is 15.5. The molecule has 1 aromatic carbocycles. The van der Waals surface area contributed by atoms with Crippen LogP contribution < -0.4 is 5.32 Å². The Balaban J connectivity index is 1.86. The first-order valence-electron chi connectivity index (χ1n) is 6.77. The van der Waals surface area contributed by atoms with E-state index >= 15 is 0 Å². The number of hydrogen-bond acceptors (Lipinski definition) is 3. The molecule has 1 heterocycles. The third-order valence-corrected chi connectivity index (χ3v) is 3.23. The van der Waals surface area contributed by atoms with Crippen LogP contribution in [0, 0.1) is 0 Å². The molecular formula is C16H16N2O4. The predicted octanol–water partition coefficient (Wildman–Crippen LogP) is 1.89. The molecule has 0 aliphatic heterocycles. The number of carbonyl (C=O) groups is 3. The van der Waals surface area contributed by atoms with Crippen LogP contribution in [0.2, 0.25) is 0 Å². The molecule has 1 amide bonds. The Kier molecular flexibility index (Phi) is 4.73. The van der Waals surface area contributed by atoms with Crippen molar-refractivity contribution in [2.24, 2.45) is 0 Å². The minimum atomic E-state index is -0.965. The van der Waals surface area contributed by atoms with Crippen LogP contribution in [0.1, 0.15) is 43.7 Å². The van der Waals surface area contributed by atoms with Crippen molar-refractivity contribution in [2.45, 2.75) is 13.3 Å². The number of carboxylic acid groups (broad SMARTS) is 1. The van der Waals surface area contributed by atoms with Gasteiger partial charge in [-0.2, -0.15) is 0 Å². The summed E-state index contributed by atoms with van der Waals surface area (Å²) in [6.07, 6.45) is 2.09. The molecule has 1 aromatic heterocycles. The van der Waals surface area contributed by atoms with Gasteiger partial charge in [0.1, 0.15) is 5.69 Å². The molecule has 0 atom stereocenters. The Labute approximate surface area is 127 Å². The van der Waals surface area contributed by atoms with Crippen LogP contribution in [0.25, 0.3) is 0 Å². The minimum absolute atomic E-state index is 0.103. The largest absolute Gasteiger partial charge is 0.478 e. The molecule has 3 N–H and O–H groups in total. The molecule has 0 radical (unpaired) electrons. The molecule has 6 nitrogen and oxygen atoms in total. The summed E-state index contributed by atoms with van der Waals surface area (Å²) >= 11 is 0. The van der Waals surface area contributed by atoms with Gasteiger partial charge in [-0.05, 0) is 37.1 Å². The Morgan fingerprint density at radius 3 is 2.36 bits per heavy atom. The normalized spacial score (nSPS) is 10.2. The number of amides is 1.